The smallest absolute Gasteiger partial charge is 0.341 e. The van der Waals surface area contributed by atoms with Gasteiger partial charge in [0.1, 0.15) is 5.56 Å². The van der Waals surface area contributed by atoms with Gasteiger partial charge in [0.15, 0.2) is 0 Å². The Hall–Kier alpha value is -1.89. The molecule has 0 atom stereocenters. The first-order chi connectivity index (χ1) is 9.29. The molecule has 1 rings (SSSR count). The Kier molecular flexibility index (Phi) is 5.26. The maximum Gasteiger partial charge on any atom is 0.341 e. The van der Waals surface area contributed by atoms with Gasteiger partial charge in [0.05, 0.1) is 23.9 Å². The number of amides is 1. The molecule has 0 saturated carbocycles. The number of nitrogens with zero attached hydrogens (tertiary/aromatic N) is 2. The first kappa shape index (κ1) is 16.2. The molecule has 0 aliphatic rings. The second kappa shape index (κ2) is 6.51. The minimum Gasteiger partial charge on any atom is -0.462 e. The van der Waals surface area contributed by atoms with E-state index in [1.54, 1.807) is 32.5 Å². The van der Waals surface area contributed by atoms with Gasteiger partial charge in [-0.2, -0.15) is 5.10 Å². The van der Waals surface area contributed by atoms with Crippen LogP contribution in [0.1, 0.15) is 36.8 Å². The van der Waals surface area contributed by atoms with Crippen LogP contribution in [0.4, 0.5) is 0 Å². The molecule has 7 heteroatoms. The van der Waals surface area contributed by atoms with Crippen molar-refractivity contribution in [2.45, 2.75) is 27.3 Å². The molecule has 0 bridgehead atoms. The largest absolute Gasteiger partial charge is 0.462 e. The predicted octanol–water partition coefficient (Wildman–Crippen LogP) is 0.198. The van der Waals surface area contributed by atoms with E-state index in [2.05, 4.69) is 10.4 Å². The van der Waals surface area contributed by atoms with Gasteiger partial charge in [0.25, 0.3) is 0 Å². The number of carbonyl (C=O) groups is 2. The second-order valence-corrected chi connectivity index (χ2v) is 5.20. The highest BCUT2D eigenvalue weighted by Gasteiger charge is 2.25. The average Bonchev–Trinajstić information content (AvgIpc) is 2.71. The summed E-state index contributed by atoms with van der Waals surface area (Å²) in [7, 11) is 1.75. The highest BCUT2D eigenvalue weighted by atomic mass is 16.5. The Morgan fingerprint density at radius 2 is 2.15 bits per heavy atom. The van der Waals surface area contributed by atoms with Gasteiger partial charge in [0.2, 0.25) is 5.91 Å². The van der Waals surface area contributed by atoms with E-state index >= 15 is 0 Å². The Labute approximate surface area is 118 Å². The molecule has 0 aliphatic heterocycles. The highest BCUT2D eigenvalue weighted by Crippen LogP contribution is 2.13. The van der Waals surface area contributed by atoms with Crippen LogP contribution in [0.5, 0.6) is 0 Å². The van der Waals surface area contributed by atoms with E-state index in [0.717, 1.165) is 0 Å². The lowest BCUT2D eigenvalue weighted by Gasteiger charge is -2.21. The number of primary amides is 1. The minimum atomic E-state index is -0.650. The molecule has 0 unspecified atom stereocenters. The molecule has 1 aromatic heterocycles. The van der Waals surface area contributed by atoms with Crippen LogP contribution in [0.15, 0.2) is 6.20 Å². The van der Waals surface area contributed by atoms with E-state index in [4.69, 9.17) is 10.5 Å². The molecule has 0 aliphatic carbocycles. The summed E-state index contributed by atoms with van der Waals surface area (Å²) in [5.41, 5.74) is 5.80. The molecule has 20 heavy (non-hydrogen) atoms. The monoisotopic (exact) mass is 282 g/mol. The van der Waals surface area contributed by atoms with Gasteiger partial charge >= 0.3 is 5.97 Å². The quantitative estimate of drug-likeness (QED) is 0.696. The van der Waals surface area contributed by atoms with Crippen LogP contribution in [0.2, 0.25) is 0 Å². The van der Waals surface area contributed by atoms with E-state index in [9.17, 15) is 9.59 Å². The van der Waals surface area contributed by atoms with Crippen LogP contribution >= 0.6 is 0 Å². The SMILES string of the molecule is CCOC(=O)c1cnn(C)c1CNCC(C)(C)C(N)=O. The van der Waals surface area contributed by atoms with Crippen molar-refractivity contribution in [2.24, 2.45) is 18.2 Å². The van der Waals surface area contributed by atoms with Crippen molar-refractivity contribution in [1.29, 1.82) is 0 Å². The number of nitrogens with one attached hydrogen (secondary N) is 1. The summed E-state index contributed by atoms with van der Waals surface area (Å²) in [5, 5.41) is 7.17. The van der Waals surface area contributed by atoms with Crippen LogP contribution in [0.3, 0.4) is 0 Å². The molecular weight excluding hydrogens is 260 g/mol. The molecule has 112 valence electrons. The van der Waals surface area contributed by atoms with Gasteiger partial charge in [-0.05, 0) is 20.8 Å². The molecule has 1 heterocycles. The maximum absolute atomic E-state index is 11.8. The molecule has 0 fully saturated rings. The van der Waals surface area contributed by atoms with Crippen molar-refractivity contribution in [1.82, 2.24) is 15.1 Å². The van der Waals surface area contributed by atoms with Gasteiger partial charge < -0.3 is 15.8 Å². The van der Waals surface area contributed by atoms with E-state index in [1.165, 1.54) is 6.20 Å². The summed E-state index contributed by atoms with van der Waals surface area (Å²) >= 11 is 0. The number of nitrogens with two attached hydrogens (primary N) is 1. The number of aromatic nitrogens is 2. The molecule has 0 spiro atoms. The summed E-state index contributed by atoms with van der Waals surface area (Å²) in [4.78, 5) is 23.0. The molecule has 7 nitrogen and oxygen atoms in total. The first-order valence-corrected chi connectivity index (χ1v) is 6.48. The van der Waals surface area contributed by atoms with E-state index in [1.807, 2.05) is 0 Å². The lowest BCUT2D eigenvalue weighted by atomic mass is 9.93. The van der Waals surface area contributed by atoms with Crippen molar-refractivity contribution in [2.75, 3.05) is 13.2 Å². The zero-order chi connectivity index (χ0) is 15.3. The second-order valence-electron chi connectivity index (χ2n) is 5.20. The zero-order valence-electron chi connectivity index (χ0n) is 12.4. The number of hydrogen-bond donors (Lipinski definition) is 2. The number of aryl methyl sites for hydroxylation is 1. The first-order valence-electron chi connectivity index (χ1n) is 6.48. The van der Waals surface area contributed by atoms with E-state index < -0.39 is 11.4 Å². The highest BCUT2D eigenvalue weighted by molar-refractivity contribution is 5.90. The van der Waals surface area contributed by atoms with Crippen molar-refractivity contribution < 1.29 is 14.3 Å². The third-order valence-electron chi connectivity index (χ3n) is 3.08. The summed E-state index contributed by atoms with van der Waals surface area (Å²) in [6.07, 6.45) is 1.48. The van der Waals surface area contributed by atoms with E-state index in [0.29, 0.717) is 31.0 Å². The molecule has 3 N–H and O–H groups in total. The summed E-state index contributed by atoms with van der Waals surface area (Å²) in [6.45, 7) is 6.41. The number of rotatable bonds is 7. The van der Waals surface area contributed by atoms with Crippen LogP contribution in [-0.4, -0.2) is 34.8 Å². The van der Waals surface area contributed by atoms with Gasteiger partial charge in [-0.3, -0.25) is 9.48 Å². The Bertz CT molecular complexity index is 494. The van der Waals surface area contributed by atoms with Crippen molar-refractivity contribution in [3.05, 3.63) is 17.5 Å². The van der Waals surface area contributed by atoms with Crippen LogP contribution in [-0.2, 0) is 23.1 Å². The normalized spacial score (nSPS) is 11.4. The van der Waals surface area contributed by atoms with Crippen molar-refractivity contribution in [3.63, 3.8) is 0 Å². The van der Waals surface area contributed by atoms with Crippen molar-refractivity contribution >= 4 is 11.9 Å². The average molecular weight is 282 g/mol. The Balaban J connectivity index is 2.71. The maximum atomic E-state index is 11.8. The minimum absolute atomic E-state index is 0.315. The third kappa shape index (κ3) is 3.80. The molecule has 0 aromatic carbocycles. The van der Waals surface area contributed by atoms with Gasteiger partial charge in [-0.25, -0.2) is 4.79 Å². The number of hydrogen-bond acceptors (Lipinski definition) is 5. The van der Waals surface area contributed by atoms with Gasteiger partial charge in [-0.15, -0.1) is 0 Å². The Morgan fingerprint density at radius 3 is 2.70 bits per heavy atom. The topological polar surface area (TPSA) is 99.2 Å². The van der Waals surface area contributed by atoms with Gasteiger partial charge in [0, 0.05) is 20.1 Å². The van der Waals surface area contributed by atoms with Crippen molar-refractivity contribution in [3.8, 4) is 0 Å². The number of carbonyl (C=O) groups excluding carboxylic acids is 2. The number of ether oxygens (including phenoxy) is 1. The molecule has 1 amide bonds. The third-order valence-corrected chi connectivity index (χ3v) is 3.08. The summed E-state index contributed by atoms with van der Waals surface area (Å²) in [5.74, 6) is -0.771. The standard InChI is InChI=1S/C13H22N4O3/c1-5-20-11(18)9-6-16-17(4)10(9)7-15-8-13(2,3)12(14)19/h6,15H,5,7-8H2,1-4H3,(H2,14,19). The van der Waals surface area contributed by atoms with Crippen LogP contribution < -0.4 is 11.1 Å². The van der Waals surface area contributed by atoms with Crippen LogP contribution in [0, 0.1) is 5.41 Å². The summed E-state index contributed by atoms with van der Waals surface area (Å²) < 4.78 is 6.58. The zero-order valence-corrected chi connectivity index (χ0v) is 12.4. The lowest BCUT2D eigenvalue weighted by molar-refractivity contribution is -0.125. The fourth-order valence-electron chi connectivity index (χ4n) is 1.63. The number of esters is 1. The van der Waals surface area contributed by atoms with Crippen LogP contribution in [0.25, 0.3) is 0 Å². The fraction of sp³-hybridized carbons (Fsp3) is 0.615. The van der Waals surface area contributed by atoms with Gasteiger partial charge in [-0.1, -0.05) is 0 Å². The predicted molar refractivity (Wildman–Crippen MR) is 73.8 cm³/mol. The molecule has 1 aromatic rings. The molecular formula is C13H22N4O3. The summed E-state index contributed by atoms with van der Waals surface area (Å²) in [6, 6.07) is 0. The molecule has 0 saturated heterocycles. The fourth-order valence-corrected chi connectivity index (χ4v) is 1.63. The Morgan fingerprint density at radius 1 is 1.50 bits per heavy atom. The lowest BCUT2D eigenvalue weighted by Crippen LogP contribution is -2.40. The van der Waals surface area contributed by atoms with E-state index in [-0.39, 0.29) is 5.91 Å². The molecule has 0 radical (unpaired) electrons.